The molecule has 13 rings (SSSR count). The Hall–Kier alpha value is -8.40. The molecule has 0 saturated carbocycles. The van der Waals surface area contributed by atoms with E-state index in [4.69, 9.17) is 0 Å². The maximum Gasteiger partial charge on any atom is 0.0788 e. The van der Waals surface area contributed by atoms with Gasteiger partial charge in [0.05, 0.1) is 33.1 Å². The summed E-state index contributed by atoms with van der Waals surface area (Å²) in [7, 11) is 0. The van der Waals surface area contributed by atoms with Crippen molar-refractivity contribution in [1.82, 2.24) is 13.7 Å². The zero-order chi connectivity index (χ0) is 41.4. The van der Waals surface area contributed by atoms with E-state index in [-0.39, 0.29) is 0 Å². The highest BCUT2D eigenvalue weighted by atomic mass is 15.0. The maximum atomic E-state index is 2.50. The Kier molecular flexibility index (Phi) is 7.91. The standard InChI is InChI=1S/C60H39N3/c1-4-15-40(16-5-1)42-27-31-47(32-28-42)61-55-25-12-11-24-50(55)53-38-44(29-35-57(53)61)45-30-36-58-54(39-45)52-34-33-51-49-23-10-13-26-56(49)62(46-20-8-3-9-21-46)59(51)60(52)63(58)48-22-14-19-43(37-48)41-17-6-2-7-18-41/h1-39H. The largest absolute Gasteiger partial charge is 0.309 e. The van der Waals surface area contributed by atoms with E-state index in [9.17, 15) is 0 Å². The van der Waals surface area contributed by atoms with Crippen LogP contribution in [0.1, 0.15) is 0 Å². The van der Waals surface area contributed by atoms with Gasteiger partial charge in [-0.2, -0.15) is 0 Å². The smallest absolute Gasteiger partial charge is 0.0788 e. The molecule has 0 aliphatic rings. The van der Waals surface area contributed by atoms with Gasteiger partial charge in [0, 0.05) is 49.4 Å². The van der Waals surface area contributed by atoms with E-state index in [1.165, 1.54) is 98.8 Å². The van der Waals surface area contributed by atoms with E-state index >= 15 is 0 Å². The molecule has 0 radical (unpaired) electrons. The first kappa shape index (κ1) is 35.4. The third-order valence-corrected chi connectivity index (χ3v) is 13.0. The summed E-state index contributed by atoms with van der Waals surface area (Å²) < 4.78 is 7.37. The summed E-state index contributed by atoms with van der Waals surface area (Å²) in [6.45, 7) is 0. The third-order valence-electron chi connectivity index (χ3n) is 13.0. The normalized spacial score (nSPS) is 11.8. The molecule has 0 spiro atoms. The summed E-state index contributed by atoms with van der Waals surface area (Å²) in [4.78, 5) is 0. The van der Waals surface area contributed by atoms with Crippen molar-refractivity contribution in [2.75, 3.05) is 0 Å². The van der Waals surface area contributed by atoms with Crippen LogP contribution in [-0.2, 0) is 0 Å². The van der Waals surface area contributed by atoms with Gasteiger partial charge in [-0.05, 0) is 106 Å². The lowest BCUT2D eigenvalue weighted by Gasteiger charge is -2.13. The van der Waals surface area contributed by atoms with Crippen molar-refractivity contribution in [3.63, 3.8) is 0 Å². The summed E-state index contributed by atoms with van der Waals surface area (Å²) in [6, 6.07) is 86.4. The number of fused-ring (bicyclic) bond motifs is 10. The molecule has 3 heteroatoms. The topological polar surface area (TPSA) is 14.8 Å². The minimum absolute atomic E-state index is 1.13. The maximum absolute atomic E-state index is 2.50. The lowest BCUT2D eigenvalue weighted by Crippen LogP contribution is -1.98. The van der Waals surface area contributed by atoms with Crippen molar-refractivity contribution >= 4 is 65.4 Å². The molecule has 0 aliphatic heterocycles. The molecular weight excluding hydrogens is 763 g/mol. The van der Waals surface area contributed by atoms with E-state index in [2.05, 4.69) is 250 Å². The molecule has 0 atom stereocenters. The van der Waals surface area contributed by atoms with Crippen LogP contribution < -0.4 is 0 Å². The van der Waals surface area contributed by atoms with Gasteiger partial charge in [-0.1, -0.05) is 164 Å². The molecule has 63 heavy (non-hydrogen) atoms. The number of hydrogen-bond acceptors (Lipinski definition) is 0. The molecule has 0 bridgehead atoms. The number of benzene rings is 10. The summed E-state index contributed by atoms with van der Waals surface area (Å²) in [6.07, 6.45) is 0. The Morgan fingerprint density at radius 2 is 0.571 bits per heavy atom. The molecule has 0 unspecified atom stereocenters. The molecule has 10 aromatic carbocycles. The average molecular weight is 802 g/mol. The van der Waals surface area contributed by atoms with Crippen LogP contribution in [0.4, 0.5) is 0 Å². The van der Waals surface area contributed by atoms with Crippen molar-refractivity contribution in [2.45, 2.75) is 0 Å². The predicted molar refractivity (Wildman–Crippen MR) is 266 cm³/mol. The van der Waals surface area contributed by atoms with Crippen molar-refractivity contribution in [2.24, 2.45) is 0 Å². The second-order valence-electron chi connectivity index (χ2n) is 16.5. The second kappa shape index (κ2) is 14.1. The minimum Gasteiger partial charge on any atom is -0.309 e. The van der Waals surface area contributed by atoms with E-state index in [0.29, 0.717) is 0 Å². The monoisotopic (exact) mass is 801 g/mol. The van der Waals surface area contributed by atoms with Crippen LogP contribution >= 0.6 is 0 Å². The molecule has 0 saturated heterocycles. The molecule has 0 fully saturated rings. The van der Waals surface area contributed by atoms with Crippen LogP contribution in [-0.4, -0.2) is 13.7 Å². The minimum atomic E-state index is 1.13. The van der Waals surface area contributed by atoms with Gasteiger partial charge in [0.25, 0.3) is 0 Å². The summed E-state index contributed by atoms with van der Waals surface area (Å²) in [5, 5.41) is 7.41. The fourth-order valence-corrected chi connectivity index (χ4v) is 10.2. The highest BCUT2D eigenvalue weighted by Crippen LogP contribution is 2.44. The van der Waals surface area contributed by atoms with Crippen molar-refractivity contribution < 1.29 is 0 Å². The SMILES string of the molecule is c1ccc(-c2ccc(-n3c4ccccc4c4cc(-c5ccc6c(c5)c5ccc7c8ccccc8n(-c8ccccc8)c7c5n6-c5cccc(-c6ccccc6)c5)ccc43)cc2)cc1. The lowest BCUT2D eigenvalue weighted by atomic mass is 10.00. The van der Waals surface area contributed by atoms with Crippen molar-refractivity contribution in [3.8, 4) is 50.4 Å². The molecule has 0 amide bonds. The lowest BCUT2D eigenvalue weighted by molar-refractivity contribution is 1.15. The highest BCUT2D eigenvalue weighted by molar-refractivity contribution is 6.24. The Morgan fingerprint density at radius 1 is 0.190 bits per heavy atom. The van der Waals surface area contributed by atoms with E-state index in [1.54, 1.807) is 0 Å². The first-order valence-electron chi connectivity index (χ1n) is 21.7. The van der Waals surface area contributed by atoms with Crippen molar-refractivity contribution in [3.05, 3.63) is 237 Å². The first-order valence-corrected chi connectivity index (χ1v) is 21.7. The van der Waals surface area contributed by atoms with Gasteiger partial charge in [-0.15, -0.1) is 0 Å². The molecule has 3 heterocycles. The average Bonchev–Trinajstić information content (AvgIpc) is 4.00. The van der Waals surface area contributed by atoms with Crippen LogP contribution in [0.25, 0.3) is 116 Å². The Morgan fingerprint density at radius 3 is 1.22 bits per heavy atom. The zero-order valence-corrected chi connectivity index (χ0v) is 34.4. The quantitative estimate of drug-likeness (QED) is 0.159. The molecule has 3 nitrogen and oxygen atoms in total. The van der Waals surface area contributed by atoms with Crippen LogP contribution in [0.15, 0.2) is 237 Å². The second-order valence-corrected chi connectivity index (χ2v) is 16.5. The zero-order valence-electron chi connectivity index (χ0n) is 34.4. The van der Waals surface area contributed by atoms with Gasteiger partial charge in [-0.3, -0.25) is 0 Å². The number of hydrogen-bond donors (Lipinski definition) is 0. The van der Waals surface area contributed by atoms with Crippen LogP contribution in [0, 0.1) is 0 Å². The summed E-state index contributed by atoms with van der Waals surface area (Å²) in [5.41, 5.74) is 17.8. The summed E-state index contributed by atoms with van der Waals surface area (Å²) >= 11 is 0. The Bertz CT molecular complexity index is 3870. The van der Waals surface area contributed by atoms with E-state index in [1.807, 2.05) is 0 Å². The Labute approximate surface area is 364 Å². The van der Waals surface area contributed by atoms with Gasteiger partial charge in [0.15, 0.2) is 0 Å². The van der Waals surface area contributed by atoms with Gasteiger partial charge in [0.1, 0.15) is 0 Å². The molecule has 3 aromatic heterocycles. The first-order chi connectivity index (χ1) is 31.3. The van der Waals surface area contributed by atoms with Gasteiger partial charge < -0.3 is 13.7 Å². The van der Waals surface area contributed by atoms with Gasteiger partial charge in [0.2, 0.25) is 0 Å². The van der Waals surface area contributed by atoms with Gasteiger partial charge >= 0.3 is 0 Å². The van der Waals surface area contributed by atoms with E-state index < -0.39 is 0 Å². The highest BCUT2D eigenvalue weighted by Gasteiger charge is 2.22. The van der Waals surface area contributed by atoms with Crippen molar-refractivity contribution in [1.29, 1.82) is 0 Å². The third kappa shape index (κ3) is 5.53. The van der Waals surface area contributed by atoms with Gasteiger partial charge in [-0.25, -0.2) is 0 Å². The van der Waals surface area contributed by atoms with Crippen LogP contribution in [0.5, 0.6) is 0 Å². The molecule has 294 valence electrons. The van der Waals surface area contributed by atoms with E-state index in [0.717, 1.165) is 17.1 Å². The number of nitrogens with zero attached hydrogens (tertiary/aromatic N) is 3. The number of para-hydroxylation sites is 3. The van der Waals surface area contributed by atoms with Crippen LogP contribution in [0.3, 0.4) is 0 Å². The molecule has 0 N–H and O–H groups in total. The predicted octanol–water partition coefficient (Wildman–Crippen LogP) is 16.0. The fraction of sp³-hybridized carbons (Fsp3) is 0. The number of aromatic nitrogens is 3. The fourth-order valence-electron chi connectivity index (χ4n) is 10.2. The van der Waals surface area contributed by atoms with Crippen LogP contribution in [0.2, 0.25) is 0 Å². The molecule has 0 aliphatic carbocycles. The molecular formula is C60H39N3. The number of rotatable bonds is 6. The summed E-state index contributed by atoms with van der Waals surface area (Å²) in [5.74, 6) is 0. The Balaban J connectivity index is 1.04. The molecule has 13 aromatic rings.